The maximum absolute atomic E-state index is 9.27. The van der Waals surface area contributed by atoms with Crippen LogP contribution in [-0.4, -0.2) is 31.0 Å². The number of rotatable bonds is 5. The second kappa shape index (κ2) is 5.35. The van der Waals surface area contributed by atoms with Crippen molar-refractivity contribution in [3.8, 4) is 0 Å². The molecule has 1 aromatic carbocycles. The summed E-state index contributed by atoms with van der Waals surface area (Å²) in [5.41, 5.74) is 0.385. The molecule has 0 aromatic heterocycles. The molecule has 0 radical (unpaired) electrons. The van der Waals surface area contributed by atoms with Crippen molar-refractivity contribution in [2.24, 2.45) is 0 Å². The van der Waals surface area contributed by atoms with Gasteiger partial charge in [0, 0.05) is 17.8 Å². The number of anilines is 1. The molecule has 0 bridgehead atoms. The first-order chi connectivity index (χ1) is 7.09. The predicted octanol–water partition coefficient (Wildman–Crippen LogP) is 2.15. The average molecular weight is 230 g/mol. The van der Waals surface area contributed by atoms with E-state index in [0.717, 1.165) is 5.69 Å². The van der Waals surface area contributed by atoms with Crippen LogP contribution in [0.1, 0.15) is 6.92 Å². The van der Waals surface area contributed by atoms with Crippen molar-refractivity contribution in [1.82, 2.24) is 0 Å². The summed E-state index contributed by atoms with van der Waals surface area (Å²) < 4.78 is 5.04. The van der Waals surface area contributed by atoms with Gasteiger partial charge in [0.15, 0.2) is 0 Å². The van der Waals surface area contributed by atoms with Gasteiger partial charge in [0.1, 0.15) is 0 Å². The van der Waals surface area contributed by atoms with Gasteiger partial charge in [0.25, 0.3) is 0 Å². The maximum atomic E-state index is 9.27. The first-order valence-electron chi connectivity index (χ1n) is 4.73. The summed E-state index contributed by atoms with van der Waals surface area (Å²) in [6, 6.07) is 7.37. The van der Waals surface area contributed by atoms with Crippen LogP contribution in [0.4, 0.5) is 5.69 Å². The molecule has 1 atom stereocenters. The SMILES string of the molecule is COCC(C)(CO)Nc1cccc(Cl)c1. The minimum absolute atomic E-state index is 0.00659. The fraction of sp³-hybridized carbons (Fsp3) is 0.455. The van der Waals surface area contributed by atoms with Crippen LogP contribution in [0.2, 0.25) is 5.02 Å². The van der Waals surface area contributed by atoms with Crippen LogP contribution >= 0.6 is 11.6 Å². The molecule has 1 aromatic rings. The summed E-state index contributed by atoms with van der Waals surface area (Å²) in [6.45, 7) is 2.31. The topological polar surface area (TPSA) is 41.5 Å². The highest BCUT2D eigenvalue weighted by atomic mass is 35.5. The standard InChI is InChI=1S/C11H16ClNO2/c1-11(7-14,8-15-2)13-10-5-3-4-9(12)6-10/h3-6,13-14H,7-8H2,1-2H3. The third-order valence-electron chi connectivity index (χ3n) is 2.08. The monoisotopic (exact) mass is 229 g/mol. The number of nitrogens with one attached hydrogen (secondary N) is 1. The predicted molar refractivity (Wildman–Crippen MR) is 62.4 cm³/mol. The molecule has 0 aliphatic rings. The van der Waals surface area contributed by atoms with E-state index in [4.69, 9.17) is 16.3 Å². The number of hydrogen-bond acceptors (Lipinski definition) is 3. The van der Waals surface area contributed by atoms with Crippen molar-refractivity contribution in [3.05, 3.63) is 29.3 Å². The van der Waals surface area contributed by atoms with Crippen LogP contribution in [-0.2, 0) is 4.74 Å². The highest BCUT2D eigenvalue weighted by Crippen LogP contribution is 2.19. The highest BCUT2D eigenvalue weighted by molar-refractivity contribution is 6.30. The molecule has 0 saturated carbocycles. The van der Waals surface area contributed by atoms with Gasteiger partial charge in [-0.05, 0) is 25.1 Å². The molecular formula is C11H16ClNO2. The number of ether oxygens (including phenoxy) is 1. The van der Waals surface area contributed by atoms with Gasteiger partial charge in [0.2, 0.25) is 0 Å². The zero-order valence-corrected chi connectivity index (χ0v) is 9.71. The van der Waals surface area contributed by atoms with Crippen LogP contribution in [0.5, 0.6) is 0 Å². The van der Waals surface area contributed by atoms with Gasteiger partial charge in [-0.15, -0.1) is 0 Å². The van der Waals surface area contributed by atoms with E-state index in [0.29, 0.717) is 11.6 Å². The fourth-order valence-corrected chi connectivity index (χ4v) is 1.54. The van der Waals surface area contributed by atoms with Crippen LogP contribution in [0.25, 0.3) is 0 Å². The average Bonchev–Trinajstić information content (AvgIpc) is 2.18. The van der Waals surface area contributed by atoms with Crippen LogP contribution in [0, 0.1) is 0 Å². The maximum Gasteiger partial charge on any atom is 0.0808 e. The lowest BCUT2D eigenvalue weighted by Gasteiger charge is -2.29. The lowest BCUT2D eigenvalue weighted by Crippen LogP contribution is -2.43. The molecule has 4 heteroatoms. The summed E-state index contributed by atoms with van der Waals surface area (Å²) >= 11 is 5.86. The van der Waals surface area contributed by atoms with Crippen LogP contribution in [0.3, 0.4) is 0 Å². The Hall–Kier alpha value is -0.770. The minimum atomic E-state index is -0.487. The summed E-state index contributed by atoms with van der Waals surface area (Å²) in [7, 11) is 1.60. The quantitative estimate of drug-likeness (QED) is 0.813. The van der Waals surface area contributed by atoms with Gasteiger partial charge in [0.05, 0.1) is 18.8 Å². The molecule has 3 nitrogen and oxygen atoms in total. The Morgan fingerprint density at radius 2 is 2.27 bits per heavy atom. The summed E-state index contributed by atoms with van der Waals surface area (Å²) in [5.74, 6) is 0. The van der Waals surface area contributed by atoms with Gasteiger partial charge < -0.3 is 15.2 Å². The first-order valence-corrected chi connectivity index (χ1v) is 5.11. The molecular weight excluding hydrogens is 214 g/mol. The number of aliphatic hydroxyl groups excluding tert-OH is 1. The van der Waals surface area contributed by atoms with Crippen molar-refractivity contribution >= 4 is 17.3 Å². The Kier molecular flexibility index (Phi) is 4.39. The van der Waals surface area contributed by atoms with Crippen molar-refractivity contribution < 1.29 is 9.84 Å². The second-order valence-corrected chi connectivity index (χ2v) is 4.22. The van der Waals surface area contributed by atoms with E-state index >= 15 is 0 Å². The number of aliphatic hydroxyl groups is 1. The van der Waals surface area contributed by atoms with Crippen LogP contribution in [0.15, 0.2) is 24.3 Å². The van der Waals surface area contributed by atoms with Gasteiger partial charge >= 0.3 is 0 Å². The number of halogens is 1. The molecule has 2 N–H and O–H groups in total. The molecule has 0 aliphatic carbocycles. The molecule has 0 saturated heterocycles. The van der Waals surface area contributed by atoms with E-state index in [1.54, 1.807) is 13.2 Å². The molecule has 0 spiro atoms. The lowest BCUT2D eigenvalue weighted by molar-refractivity contribution is 0.108. The van der Waals surface area contributed by atoms with E-state index in [1.165, 1.54) is 0 Å². The van der Waals surface area contributed by atoms with Gasteiger partial charge in [-0.25, -0.2) is 0 Å². The Labute approximate surface area is 95.0 Å². The molecule has 1 rings (SSSR count). The smallest absolute Gasteiger partial charge is 0.0808 e. The van der Waals surface area contributed by atoms with Gasteiger partial charge in [-0.1, -0.05) is 17.7 Å². The number of methoxy groups -OCH3 is 1. The van der Waals surface area contributed by atoms with E-state index in [9.17, 15) is 5.11 Å². The second-order valence-electron chi connectivity index (χ2n) is 3.79. The van der Waals surface area contributed by atoms with E-state index in [1.807, 2.05) is 25.1 Å². The van der Waals surface area contributed by atoms with Gasteiger partial charge in [-0.2, -0.15) is 0 Å². The fourth-order valence-electron chi connectivity index (χ4n) is 1.35. The largest absolute Gasteiger partial charge is 0.394 e. The van der Waals surface area contributed by atoms with E-state index in [2.05, 4.69) is 5.32 Å². The van der Waals surface area contributed by atoms with Crippen molar-refractivity contribution in [2.75, 3.05) is 25.6 Å². The van der Waals surface area contributed by atoms with E-state index in [-0.39, 0.29) is 6.61 Å². The molecule has 1 unspecified atom stereocenters. The van der Waals surface area contributed by atoms with Crippen molar-refractivity contribution in [1.29, 1.82) is 0 Å². The van der Waals surface area contributed by atoms with Crippen LogP contribution < -0.4 is 5.32 Å². The normalized spacial score (nSPS) is 14.7. The number of hydrogen-bond donors (Lipinski definition) is 2. The Bertz CT molecular complexity index is 319. The number of benzene rings is 1. The first kappa shape index (κ1) is 12.3. The Morgan fingerprint density at radius 3 is 2.80 bits per heavy atom. The third-order valence-corrected chi connectivity index (χ3v) is 2.32. The molecule has 84 valence electrons. The molecule has 0 aliphatic heterocycles. The molecule has 0 heterocycles. The summed E-state index contributed by atoms with van der Waals surface area (Å²) in [6.07, 6.45) is 0. The lowest BCUT2D eigenvalue weighted by atomic mass is 10.0. The third kappa shape index (κ3) is 3.70. The molecule has 15 heavy (non-hydrogen) atoms. The molecule has 0 amide bonds. The molecule has 0 fully saturated rings. The summed E-state index contributed by atoms with van der Waals surface area (Å²) in [4.78, 5) is 0. The Morgan fingerprint density at radius 1 is 1.53 bits per heavy atom. The minimum Gasteiger partial charge on any atom is -0.394 e. The van der Waals surface area contributed by atoms with Crippen molar-refractivity contribution in [3.63, 3.8) is 0 Å². The zero-order valence-electron chi connectivity index (χ0n) is 8.96. The van der Waals surface area contributed by atoms with E-state index < -0.39 is 5.54 Å². The zero-order chi connectivity index (χ0) is 11.3. The Balaban J connectivity index is 2.74. The van der Waals surface area contributed by atoms with Gasteiger partial charge in [-0.3, -0.25) is 0 Å². The highest BCUT2D eigenvalue weighted by Gasteiger charge is 2.22. The summed E-state index contributed by atoms with van der Waals surface area (Å²) in [5, 5.41) is 13.1. The van der Waals surface area contributed by atoms with Crippen molar-refractivity contribution in [2.45, 2.75) is 12.5 Å².